The largest absolute Gasteiger partial charge is 0.494 e. The summed E-state index contributed by atoms with van der Waals surface area (Å²) in [5, 5.41) is 12.2. The summed E-state index contributed by atoms with van der Waals surface area (Å²) in [6.07, 6.45) is 1.93. The zero-order chi connectivity index (χ0) is 15.8. The molecule has 2 aromatic rings. The third-order valence-electron chi connectivity index (χ3n) is 4.48. The molecule has 0 saturated heterocycles. The van der Waals surface area contributed by atoms with Gasteiger partial charge in [0, 0.05) is 29.2 Å². The fourth-order valence-electron chi connectivity index (χ4n) is 2.06. The Morgan fingerprint density at radius 2 is 1.95 bits per heavy atom. The first-order valence-electron chi connectivity index (χ1n) is 7.33. The van der Waals surface area contributed by atoms with E-state index in [1.165, 1.54) is 0 Å². The van der Waals surface area contributed by atoms with E-state index in [-0.39, 0.29) is 10.9 Å². The van der Waals surface area contributed by atoms with Crippen LogP contribution in [0.1, 0.15) is 20.8 Å². The van der Waals surface area contributed by atoms with E-state index in [0.29, 0.717) is 18.8 Å². The predicted molar refractivity (Wildman–Crippen MR) is 91.2 cm³/mol. The molecule has 21 heavy (non-hydrogen) atoms. The Labute approximate surface area is 127 Å². The second-order valence-electron chi connectivity index (χ2n) is 7.10. The van der Waals surface area contributed by atoms with Crippen LogP contribution in [0.15, 0.2) is 24.4 Å². The maximum Gasteiger partial charge on any atom is 0.199 e. The smallest absolute Gasteiger partial charge is 0.199 e. The first-order valence-corrected chi connectivity index (χ1v) is 10.2. The normalized spacial score (nSPS) is 13.0. The predicted octanol–water partition coefficient (Wildman–Crippen LogP) is 3.95. The Bertz CT molecular complexity index is 641. The van der Waals surface area contributed by atoms with Gasteiger partial charge in [-0.1, -0.05) is 20.8 Å². The van der Waals surface area contributed by atoms with E-state index >= 15 is 0 Å². The van der Waals surface area contributed by atoms with E-state index in [4.69, 9.17) is 10.2 Å². The number of anilines is 1. The lowest BCUT2D eigenvalue weighted by molar-refractivity contribution is 0.265. The Balaban J connectivity index is 2.09. The zero-order valence-corrected chi connectivity index (χ0v) is 14.6. The summed E-state index contributed by atoms with van der Waals surface area (Å²) in [5.41, 5.74) is 6.48. The molecule has 0 radical (unpaired) electrons. The minimum atomic E-state index is -1.74. The summed E-state index contributed by atoms with van der Waals surface area (Å²) in [6.45, 7) is 12.4. The number of hydrogen-bond acceptors (Lipinski definition) is 3. The van der Waals surface area contributed by atoms with Crippen LogP contribution in [0.3, 0.4) is 0 Å². The number of aromatic nitrogens is 1. The van der Waals surface area contributed by atoms with Crippen molar-refractivity contribution >= 4 is 24.8 Å². The Morgan fingerprint density at radius 3 is 2.57 bits per heavy atom. The van der Waals surface area contributed by atoms with Crippen molar-refractivity contribution in [3.8, 4) is 5.88 Å². The first-order chi connectivity index (χ1) is 9.62. The number of nitrogen functional groups attached to an aromatic ring is 1. The van der Waals surface area contributed by atoms with E-state index in [2.05, 4.69) is 33.9 Å². The molecule has 0 unspecified atom stereocenters. The molecule has 116 valence electrons. The van der Waals surface area contributed by atoms with Crippen molar-refractivity contribution in [1.82, 2.24) is 4.57 Å². The Morgan fingerprint density at radius 1 is 1.29 bits per heavy atom. The molecule has 4 nitrogen and oxygen atoms in total. The van der Waals surface area contributed by atoms with E-state index in [1.54, 1.807) is 6.07 Å². The fraction of sp³-hybridized carbons (Fsp3) is 0.500. The van der Waals surface area contributed by atoms with Crippen molar-refractivity contribution in [2.45, 2.75) is 45.4 Å². The van der Waals surface area contributed by atoms with Gasteiger partial charge in [-0.25, -0.2) is 0 Å². The SMILES string of the molecule is CC(C)(C)[Si](C)(C)OCCn1cc2cc(N)ccc2c1O. The molecule has 1 aromatic heterocycles. The zero-order valence-electron chi connectivity index (χ0n) is 13.6. The number of benzene rings is 1. The molecule has 0 bridgehead atoms. The highest BCUT2D eigenvalue weighted by Gasteiger charge is 2.36. The van der Waals surface area contributed by atoms with E-state index in [1.807, 2.05) is 22.9 Å². The summed E-state index contributed by atoms with van der Waals surface area (Å²) < 4.78 is 7.99. The molecule has 1 heterocycles. The van der Waals surface area contributed by atoms with Gasteiger partial charge < -0.3 is 19.8 Å². The van der Waals surface area contributed by atoms with Gasteiger partial charge in [-0.2, -0.15) is 0 Å². The monoisotopic (exact) mass is 306 g/mol. The van der Waals surface area contributed by atoms with Crippen LogP contribution in [0.2, 0.25) is 18.1 Å². The van der Waals surface area contributed by atoms with Gasteiger partial charge in [0.25, 0.3) is 0 Å². The quantitative estimate of drug-likeness (QED) is 0.664. The highest BCUT2D eigenvalue weighted by molar-refractivity contribution is 6.74. The van der Waals surface area contributed by atoms with Gasteiger partial charge in [-0.05, 0) is 36.3 Å². The summed E-state index contributed by atoms with van der Waals surface area (Å²) in [6, 6.07) is 5.53. The van der Waals surface area contributed by atoms with E-state index in [0.717, 1.165) is 10.8 Å². The lowest BCUT2D eigenvalue weighted by Gasteiger charge is -2.36. The molecule has 0 saturated carbocycles. The number of nitrogens with zero attached hydrogens (tertiary/aromatic N) is 1. The van der Waals surface area contributed by atoms with Crippen molar-refractivity contribution in [1.29, 1.82) is 0 Å². The van der Waals surface area contributed by atoms with Crippen LogP contribution in [0.4, 0.5) is 5.69 Å². The summed E-state index contributed by atoms with van der Waals surface area (Å²) in [5.74, 6) is 0.281. The number of fused-ring (bicyclic) bond motifs is 1. The van der Waals surface area contributed by atoms with Crippen LogP contribution in [-0.4, -0.2) is 24.6 Å². The molecule has 0 atom stereocenters. The standard InChI is InChI=1S/C16H26N2O2Si/c1-16(2,3)21(4,5)20-9-8-18-11-12-10-13(17)6-7-14(12)15(18)19/h6-7,10-11,19H,8-9,17H2,1-5H3. The first kappa shape index (κ1) is 15.9. The van der Waals surface area contributed by atoms with Gasteiger partial charge in [-0.15, -0.1) is 0 Å². The lowest BCUT2D eigenvalue weighted by Crippen LogP contribution is -2.41. The van der Waals surface area contributed by atoms with Crippen LogP contribution in [0.5, 0.6) is 5.88 Å². The molecular weight excluding hydrogens is 280 g/mol. The van der Waals surface area contributed by atoms with Crippen LogP contribution >= 0.6 is 0 Å². The molecule has 0 spiro atoms. The van der Waals surface area contributed by atoms with E-state index in [9.17, 15) is 5.11 Å². The van der Waals surface area contributed by atoms with Crippen molar-refractivity contribution in [2.24, 2.45) is 0 Å². The molecule has 2 rings (SSSR count). The van der Waals surface area contributed by atoms with Gasteiger partial charge in [0.1, 0.15) is 0 Å². The lowest BCUT2D eigenvalue weighted by atomic mass is 10.2. The summed E-state index contributed by atoms with van der Waals surface area (Å²) in [7, 11) is -1.74. The number of nitrogens with two attached hydrogens (primary N) is 1. The Kier molecular flexibility index (Phi) is 4.08. The summed E-state index contributed by atoms with van der Waals surface area (Å²) >= 11 is 0. The highest BCUT2D eigenvalue weighted by Crippen LogP contribution is 2.36. The van der Waals surface area contributed by atoms with Crippen molar-refractivity contribution in [3.05, 3.63) is 24.4 Å². The van der Waals surface area contributed by atoms with Crippen molar-refractivity contribution < 1.29 is 9.53 Å². The second-order valence-corrected chi connectivity index (χ2v) is 11.9. The molecule has 0 amide bonds. The molecule has 0 fully saturated rings. The Hall–Kier alpha value is -1.46. The maximum atomic E-state index is 10.2. The van der Waals surface area contributed by atoms with Gasteiger partial charge in [-0.3, -0.25) is 0 Å². The molecule has 0 aliphatic heterocycles. The third-order valence-corrected chi connectivity index (χ3v) is 9.02. The van der Waals surface area contributed by atoms with Crippen molar-refractivity contribution in [3.63, 3.8) is 0 Å². The van der Waals surface area contributed by atoms with Gasteiger partial charge >= 0.3 is 0 Å². The van der Waals surface area contributed by atoms with Gasteiger partial charge in [0.15, 0.2) is 14.2 Å². The molecule has 0 aliphatic rings. The number of rotatable bonds is 4. The highest BCUT2D eigenvalue weighted by atomic mass is 28.4. The molecule has 5 heteroatoms. The topological polar surface area (TPSA) is 60.4 Å². The van der Waals surface area contributed by atoms with Gasteiger partial charge in [0.2, 0.25) is 0 Å². The van der Waals surface area contributed by atoms with Crippen molar-refractivity contribution in [2.75, 3.05) is 12.3 Å². The average molecular weight is 306 g/mol. The van der Waals surface area contributed by atoms with E-state index < -0.39 is 8.32 Å². The maximum absolute atomic E-state index is 10.2. The molecular formula is C16H26N2O2Si. The summed E-state index contributed by atoms with van der Waals surface area (Å²) in [4.78, 5) is 0. The van der Waals surface area contributed by atoms with Gasteiger partial charge in [0.05, 0.1) is 6.61 Å². The molecule has 1 aromatic carbocycles. The minimum Gasteiger partial charge on any atom is -0.494 e. The number of hydrogen-bond donors (Lipinski definition) is 2. The van der Waals surface area contributed by atoms with Crippen LogP contribution in [0, 0.1) is 0 Å². The fourth-order valence-corrected chi connectivity index (χ4v) is 3.10. The third kappa shape index (κ3) is 3.24. The molecule has 0 aliphatic carbocycles. The minimum absolute atomic E-state index is 0.199. The average Bonchev–Trinajstić information content (AvgIpc) is 2.64. The second kappa shape index (κ2) is 5.39. The van der Waals surface area contributed by atoms with Crippen LogP contribution in [-0.2, 0) is 11.0 Å². The van der Waals surface area contributed by atoms with Crippen LogP contribution in [0.25, 0.3) is 10.8 Å². The number of aromatic hydroxyl groups is 1. The molecule has 3 N–H and O–H groups in total. The van der Waals surface area contributed by atoms with Crippen LogP contribution < -0.4 is 5.73 Å².